The van der Waals surface area contributed by atoms with Gasteiger partial charge in [0, 0.05) is 11.6 Å². The van der Waals surface area contributed by atoms with E-state index in [1.807, 2.05) is 24.3 Å². The van der Waals surface area contributed by atoms with E-state index in [1.165, 1.54) is 6.07 Å². The van der Waals surface area contributed by atoms with Gasteiger partial charge in [-0.3, -0.25) is 4.79 Å². The van der Waals surface area contributed by atoms with Crippen LogP contribution in [0.5, 0.6) is 11.5 Å². The molecule has 4 rings (SSSR count). The molecule has 0 aliphatic rings. The summed E-state index contributed by atoms with van der Waals surface area (Å²) < 4.78 is 16.7. The first-order chi connectivity index (χ1) is 15.0. The van der Waals surface area contributed by atoms with E-state index in [4.69, 9.17) is 25.5 Å². The SMILES string of the molecule is COc1ccccc1-c1c(C)oc2cc(OC(=O)C(Cl)c3ccccc3)ccc2c1=O. The standard InChI is InChI=1S/C25H19ClO5/c1-15-22(18-10-6-7-11-20(18)29-2)24(27)19-13-12-17(14-21(19)30-15)31-25(28)23(26)16-8-4-3-5-9-16/h3-14,23H,1-2H3. The molecule has 6 heteroatoms. The minimum atomic E-state index is -0.946. The highest BCUT2D eigenvalue weighted by molar-refractivity contribution is 6.30. The summed E-state index contributed by atoms with van der Waals surface area (Å²) in [5.74, 6) is 0.644. The molecule has 0 saturated heterocycles. The Bertz CT molecular complexity index is 1310. The quantitative estimate of drug-likeness (QED) is 0.230. The first-order valence-electron chi connectivity index (χ1n) is 9.61. The van der Waals surface area contributed by atoms with Gasteiger partial charge in [0.15, 0.2) is 5.38 Å². The zero-order valence-corrected chi connectivity index (χ0v) is 17.7. The lowest BCUT2D eigenvalue weighted by Gasteiger charge is -2.12. The Hall–Kier alpha value is -3.57. The molecule has 0 bridgehead atoms. The number of hydrogen-bond donors (Lipinski definition) is 0. The van der Waals surface area contributed by atoms with Gasteiger partial charge in [0.05, 0.1) is 18.1 Å². The maximum Gasteiger partial charge on any atom is 0.334 e. The fourth-order valence-electron chi connectivity index (χ4n) is 3.44. The second kappa shape index (κ2) is 8.66. The Labute approximate surface area is 183 Å². The summed E-state index contributed by atoms with van der Waals surface area (Å²) >= 11 is 6.23. The Morgan fingerprint density at radius 3 is 2.45 bits per heavy atom. The van der Waals surface area contributed by atoms with Crippen LogP contribution in [0.1, 0.15) is 16.7 Å². The van der Waals surface area contributed by atoms with E-state index in [1.54, 1.807) is 56.5 Å². The van der Waals surface area contributed by atoms with Gasteiger partial charge in [0.1, 0.15) is 22.8 Å². The molecule has 0 aliphatic carbocycles. The first-order valence-corrected chi connectivity index (χ1v) is 10.0. The predicted molar refractivity (Wildman–Crippen MR) is 120 cm³/mol. The third-order valence-corrected chi connectivity index (χ3v) is 5.36. The van der Waals surface area contributed by atoms with E-state index >= 15 is 0 Å². The van der Waals surface area contributed by atoms with E-state index in [0.29, 0.717) is 39.2 Å². The molecule has 0 amide bonds. The van der Waals surface area contributed by atoms with Crippen molar-refractivity contribution in [3.63, 3.8) is 0 Å². The summed E-state index contributed by atoms with van der Waals surface area (Å²) in [4.78, 5) is 25.6. The fourth-order valence-corrected chi connectivity index (χ4v) is 3.63. The van der Waals surface area contributed by atoms with E-state index in [0.717, 1.165) is 0 Å². The maximum absolute atomic E-state index is 13.2. The zero-order valence-electron chi connectivity index (χ0n) is 16.9. The Morgan fingerprint density at radius 1 is 1.00 bits per heavy atom. The summed E-state index contributed by atoms with van der Waals surface area (Å²) in [6.07, 6.45) is 0. The number of ether oxygens (including phenoxy) is 2. The average molecular weight is 435 g/mol. The predicted octanol–water partition coefficient (Wildman–Crippen LogP) is 5.66. The van der Waals surface area contributed by atoms with Crippen molar-refractivity contribution in [3.8, 4) is 22.6 Å². The molecule has 31 heavy (non-hydrogen) atoms. The van der Waals surface area contributed by atoms with Gasteiger partial charge in [-0.05, 0) is 30.7 Å². The fraction of sp³-hybridized carbons (Fsp3) is 0.120. The lowest BCUT2D eigenvalue weighted by molar-refractivity contribution is -0.134. The molecule has 1 atom stereocenters. The van der Waals surface area contributed by atoms with Crippen molar-refractivity contribution in [2.75, 3.05) is 7.11 Å². The van der Waals surface area contributed by atoms with E-state index in [2.05, 4.69) is 0 Å². The number of methoxy groups -OCH3 is 1. The molecule has 0 saturated carbocycles. The van der Waals surface area contributed by atoms with Crippen LogP contribution in [0, 0.1) is 6.92 Å². The second-order valence-corrected chi connectivity index (χ2v) is 7.35. The Kier molecular flexibility index (Phi) is 5.78. The molecule has 1 aromatic heterocycles. The van der Waals surface area contributed by atoms with Gasteiger partial charge in [-0.1, -0.05) is 48.5 Å². The Balaban J connectivity index is 1.69. The highest BCUT2D eigenvalue weighted by atomic mass is 35.5. The Morgan fingerprint density at radius 2 is 1.71 bits per heavy atom. The van der Waals surface area contributed by atoms with Crippen molar-refractivity contribution in [1.82, 2.24) is 0 Å². The van der Waals surface area contributed by atoms with Gasteiger partial charge in [-0.15, -0.1) is 11.6 Å². The lowest BCUT2D eigenvalue weighted by Crippen LogP contribution is -2.14. The number of alkyl halides is 1. The van der Waals surface area contributed by atoms with Crippen LogP contribution in [-0.2, 0) is 4.79 Å². The number of aryl methyl sites for hydroxylation is 1. The molecular formula is C25H19ClO5. The van der Waals surface area contributed by atoms with Gasteiger partial charge in [-0.25, -0.2) is 4.79 Å². The van der Waals surface area contributed by atoms with E-state index in [9.17, 15) is 9.59 Å². The minimum Gasteiger partial charge on any atom is -0.496 e. The molecule has 0 aliphatic heterocycles. The molecule has 3 aromatic carbocycles. The summed E-state index contributed by atoms with van der Waals surface area (Å²) in [6, 6.07) is 20.8. The molecule has 0 radical (unpaired) electrons. The number of esters is 1. The van der Waals surface area contributed by atoms with Crippen LogP contribution in [0.15, 0.2) is 82.0 Å². The van der Waals surface area contributed by atoms with Crippen LogP contribution in [0.2, 0.25) is 0 Å². The normalized spacial score (nSPS) is 11.8. The maximum atomic E-state index is 13.2. The third-order valence-electron chi connectivity index (χ3n) is 4.93. The number of para-hydroxylation sites is 1. The molecule has 4 aromatic rings. The number of halogens is 1. The highest BCUT2D eigenvalue weighted by Crippen LogP contribution is 2.32. The average Bonchev–Trinajstić information content (AvgIpc) is 2.79. The topological polar surface area (TPSA) is 65.7 Å². The second-order valence-electron chi connectivity index (χ2n) is 6.91. The number of fused-ring (bicyclic) bond motifs is 1. The number of hydrogen-bond acceptors (Lipinski definition) is 5. The molecule has 1 heterocycles. The van der Waals surface area contributed by atoms with Crippen LogP contribution < -0.4 is 14.9 Å². The lowest BCUT2D eigenvalue weighted by atomic mass is 10.0. The molecule has 156 valence electrons. The number of carbonyl (C=O) groups is 1. The van der Waals surface area contributed by atoms with Crippen LogP contribution in [0.3, 0.4) is 0 Å². The molecule has 1 unspecified atom stereocenters. The van der Waals surface area contributed by atoms with Gasteiger partial charge < -0.3 is 13.9 Å². The van der Waals surface area contributed by atoms with Crippen molar-refractivity contribution >= 4 is 28.5 Å². The molecule has 0 spiro atoms. The van der Waals surface area contributed by atoms with Crippen LogP contribution in [-0.4, -0.2) is 13.1 Å². The van der Waals surface area contributed by atoms with Crippen LogP contribution in [0.25, 0.3) is 22.1 Å². The summed E-state index contributed by atoms with van der Waals surface area (Å²) in [6.45, 7) is 1.71. The van der Waals surface area contributed by atoms with Gasteiger partial charge in [0.25, 0.3) is 0 Å². The summed E-state index contributed by atoms with van der Waals surface area (Å²) in [5, 5.41) is -0.574. The van der Waals surface area contributed by atoms with Crippen molar-refractivity contribution in [1.29, 1.82) is 0 Å². The van der Waals surface area contributed by atoms with E-state index < -0.39 is 11.3 Å². The van der Waals surface area contributed by atoms with Gasteiger partial charge in [-0.2, -0.15) is 0 Å². The number of rotatable bonds is 5. The van der Waals surface area contributed by atoms with E-state index in [-0.39, 0.29) is 11.2 Å². The summed E-state index contributed by atoms with van der Waals surface area (Å²) in [7, 11) is 1.55. The first kappa shape index (κ1) is 20.7. The monoisotopic (exact) mass is 434 g/mol. The molecular weight excluding hydrogens is 416 g/mol. The smallest absolute Gasteiger partial charge is 0.334 e. The highest BCUT2D eigenvalue weighted by Gasteiger charge is 2.21. The molecule has 0 fully saturated rings. The van der Waals surface area contributed by atoms with Crippen molar-refractivity contribution in [2.45, 2.75) is 12.3 Å². The molecule has 5 nitrogen and oxygen atoms in total. The van der Waals surface area contributed by atoms with Crippen molar-refractivity contribution < 1.29 is 18.7 Å². The van der Waals surface area contributed by atoms with Crippen molar-refractivity contribution in [2.24, 2.45) is 0 Å². The third kappa shape index (κ3) is 4.05. The van der Waals surface area contributed by atoms with Crippen molar-refractivity contribution in [3.05, 3.63) is 94.3 Å². The summed E-state index contributed by atoms with van der Waals surface area (Å²) in [5.41, 5.74) is 1.85. The van der Waals surface area contributed by atoms with Crippen LogP contribution >= 0.6 is 11.6 Å². The number of carbonyl (C=O) groups excluding carboxylic acids is 1. The van der Waals surface area contributed by atoms with Gasteiger partial charge in [0.2, 0.25) is 5.43 Å². The minimum absolute atomic E-state index is 0.194. The molecule has 0 N–H and O–H groups in total. The number of benzene rings is 3. The van der Waals surface area contributed by atoms with Crippen LogP contribution in [0.4, 0.5) is 0 Å². The van der Waals surface area contributed by atoms with Gasteiger partial charge >= 0.3 is 5.97 Å². The largest absolute Gasteiger partial charge is 0.496 e. The zero-order chi connectivity index (χ0) is 22.0.